The second-order valence-corrected chi connectivity index (χ2v) is 5.81. The van der Waals surface area contributed by atoms with E-state index in [0.29, 0.717) is 17.7 Å². The number of nitrogens with zero attached hydrogens (tertiary/aromatic N) is 2. The third kappa shape index (κ3) is 4.60. The molecule has 0 aliphatic carbocycles. The van der Waals surface area contributed by atoms with Crippen LogP contribution in [-0.4, -0.2) is 22.9 Å². The molecular formula is C17H19N5OS. The van der Waals surface area contributed by atoms with Gasteiger partial charge < -0.3 is 16.2 Å². The number of nitrogens with one attached hydrogen (secondary N) is 1. The number of carbonyl (C=O) groups excluding carboxylic acids is 1. The Hall–Kier alpha value is -2.80. The first-order chi connectivity index (χ1) is 11.7. The van der Waals surface area contributed by atoms with Crippen LogP contribution in [0.2, 0.25) is 0 Å². The minimum Gasteiger partial charge on any atom is -0.398 e. The number of rotatable bonds is 7. The molecule has 0 aliphatic rings. The van der Waals surface area contributed by atoms with Crippen molar-refractivity contribution < 1.29 is 4.79 Å². The van der Waals surface area contributed by atoms with Crippen LogP contribution < -0.4 is 16.2 Å². The van der Waals surface area contributed by atoms with Gasteiger partial charge in [-0.15, -0.1) is 0 Å². The molecule has 1 heterocycles. The van der Waals surface area contributed by atoms with Crippen LogP contribution in [0.5, 0.6) is 0 Å². The number of hydrogen-bond acceptors (Lipinski definition) is 6. The zero-order valence-electron chi connectivity index (χ0n) is 13.3. The third-order valence-corrected chi connectivity index (χ3v) is 3.77. The maximum atomic E-state index is 11.4. The maximum Gasteiger partial charge on any atom is 0.155 e. The Balaban J connectivity index is 2.29. The van der Waals surface area contributed by atoms with Gasteiger partial charge in [-0.25, -0.2) is 9.98 Å². The number of aromatic nitrogens is 1. The molecular weight excluding hydrogens is 322 g/mol. The van der Waals surface area contributed by atoms with Gasteiger partial charge in [0.1, 0.15) is 5.84 Å². The average Bonchev–Trinajstić information content (AvgIpc) is 2.61. The van der Waals surface area contributed by atoms with E-state index in [9.17, 15) is 4.79 Å². The predicted octanol–water partition coefficient (Wildman–Crippen LogP) is 2.72. The molecule has 0 saturated carbocycles. The summed E-state index contributed by atoms with van der Waals surface area (Å²) in [6, 6.07) is 12.7. The first-order valence-electron chi connectivity index (χ1n) is 7.34. The average molecular weight is 341 g/mol. The Morgan fingerprint density at radius 3 is 2.58 bits per heavy atom. The molecule has 0 spiro atoms. The number of amidine groups is 1. The normalized spacial score (nSPS) is 12.5. The molecule has 0 unspecified atom stereocenters. The van der Waals surface area contributed by atoms with E-state index in [1.165, 1.54) is 0 Å². The molecule has 0 aliphatic heterocycles. The van der Waals surface area contributed by atoms with Crippen LogP contribution in [0.3, 0.4) is 0 Å². The van der Waals surface area contributed by atoms with E-state index in [4.69, 9.17) is 11.5 Å². The minimum absolute atomic E-state index is 0.0324. The molecule has 0 amide bonds. The fraction of sp³-hybridized carbons (Fsp3) is 0.118. The molecule has 0 fully saturated rings. The minimum atomic E-state index is 0.0324. The van der Waals surface area contributed by atoms with Crippen molar-refractivity contribution in [1.29, 1.82) is 0 Å². The predicted molar refractivity (Wildman–Crippen MR) is 101 cm³/mol. The molecule has 5 N–H and O–H groups in total. The monoisotopic (exact) mass is 341 g/mol. The summed E-state index contributed by atoms with van der Waals surface area (Å²) in [5.74, 6) is 1.41. The van der Waals surface area contributed by atoms with E-state index in [1.54, 1.807) is 36.3 Å². The maximum absolute atomic E-state index is 11.4. The first kappa shape index (κ1) is 17.6. The lowest BCUT2D eigenvalue weighted by Crippen LogP contribution is -2.19. The number of aldehydes is 1. The second-order valence-electron chi connectivity index (χ2n) is 4.74. The highest BCUT2D eigenvalue weighted by molar-refractivity contribution is 8.00. The molecule has 2 rings (SSSR count). The van der Waals surface area contributed by atoms with Crippen molar-refractivity contribution in [3.63, 3.8) is 0 Å². The van der Waals surface area contributed by atoms with Crippen LogP contribution in [0, 0.1) is 0 Å². The molecule has 0 radical (unpaired) electrons. The molecule has 7 heteroatoms. The molecule has 24 heavy (non-hydrogen) atoms. The molecule has 2 aromatic rings. The highest BCUT2D eigenvalue weighted by Crippen LogP contribution is 2.19. The quantitative estimate of drug-likeness (QED) is 0.235. The van der Waals surface area contributed by atoms with Gasteiger partial charge in [0, 0.05) is 17.6 Å². The Morgan fingerprint density at radius 1 is 1.25 bits per heavy atom. The SMILES string of the molecule is CCSNc1ccc(C(N)=C(C=O)C(N)=Nc2ccccn2)cc1. The van der Waals surface area contributed by atoms with Crippen molar-refractivity contribution in [3.05, 3.63) is 59.8 Å². The zero-order chi connectivity index (χ0) is 17.4. The summed E-state index contributed by atoms with van der Waals surface area (Å²) in [5, 5.41) is 0. The largest absolute Gasteiger partial charge is 0.398 e. The Morgan fingerprint density at radius 2 is 2.00 bits per heavy atom. The van der Waals surface area contributed by atoms with E-state index in [2.05, 4.69) is 21.6 Å². The van der Waals surface area contributed by atoms with Crippen LogP contribution in [-0.2, 0) is 4.79 Å². The fourth-order valence-corrected chi connectivity index (χ4v) is 2.34. The van der Waals surface area contributed by atoms with Gasteiger partial charge >= 0.3 is 0 Å². The van der Waals surface area contributed by atoms with Crippen molar-refractivity contribution in [2.45, 2.75) is 6.92 Å². The molecule has 0 bridgehead atoms. The summed E-state index contributed by atoms with van der Waals surface area (Å²) < 4.78 is 3.19. The summed E-state index contributed by atoms with van der Waals surface area (Å²) >= 11 is 1.60. The van der Waals surface area contributed by atoms with Gasteiger partial charge in [0.2, 0.25) is 0 Å². The van der Waals surface area contributed by atoms with Crippen molar-refractivity contribution in [1.82, 2.24) is 4.98 Å². The number of hydrogen-bond donors (Lipinski definition) is 3. The van der Waals surface area contributed by atoms with Gasteiger partial charge in [0.25, 0.3) is 0 Å². The van der Waals surface area contributed by atoms with E-state index in [-0.39, 0.29) is 17.1 Å². The van der Waals surface area contributed by atoms with Crippen molar-refractivity contribution in [3.8, 4) is 0 Å². The Labute approximate surface area is 145 Å². The lowest BCUT2D eigenvalue weighted by Gasteiger charge is -2.09. The van der Waals surface area contributed by atoms with Gasteiger partial charge in [-0.1, -0.05) is 37.1 Å². The molecule has 0 saturated heterocycles. The molecule has 1 aromatic carbocycles. The Bertz CT molecular complexity index is 741. The third-order valence-electron chi connectivity index (χ3n) is 3.10. The van der Waals surface area contributed by atoms with Crippen molar-refractivity contribution in [2.24, 2.45) is 16.5 Å². The number of carbonyl (C=O) groups is 1. The van der Waals surface area contributed by atoms with Crippen LogP contribution >= 0.6 is 11.9 Å². The van der Waals surface area contributed by atoms with E-state index in [0.717, 1.165) is 11.4 Å². The van der Waals surface area contributed by atoms with Gasteiger partial charge in [0.15, 0.2) is 12.1 Å². The van der Waals surface area contributed by atoms with Crippen LogP contribution in [0.4, 0.5) is 11.5 Å². The first-order valence-corrected chi connectivity index (χ1v) is 8.33. The van der Waals surface area contributed by atoms with E-state index < -0.39 is 0 Å². The number of nitrogens with two attached hydrogens (primary N) is 2. The summed E-state index contributed by atoms with van der Waals surface area (Å²) in [5.41, 5.74) is 14.1. The summed E-state index contributed by atoms with van der Waals surface area (Å²) in [6.07, 6.45) is 2.20. The van der Waals surface area contributed by atoms with Crippen LogP contribution in [0.15, 0.2) is 59.2 Å². The molecule has 0 atom stereocenters. The van der Waals surface area contributed by atoms with Gasteiger partial charge in [-0.3, -0.25) is 4.79 Å². The summed E-state index contributed by atoms with van der Waals surface area (Å²) in [4.78, 5) is 19.6. The number of anilines is 1. The highest BCUT2D eigenvalue weighted by atomic mass is 32.2. The van der Waals surface area contributed by atoms with Crippen LogP contribution in [0.25, 0.3) is 5.70 Å². The number of aliphatic imine (C=N–C) groups is 1. The molecule has 124 valence electrons. The molecule has 6 nitrogen and oxygen atoms in total. The van der Waals surface area contributed by atoms with E-state index >= 15 is 0 Å². The lowest BCUT2D eigenvalue weighted by atomic mass is 10.1. The highest BCUT2D eigenvalue weighted by Gasteiger charge is 2.10. The fourth-order valence-electron chi connectivity index (χ4n) is 1.89. The molecule has 1 aromatic heterocycles. The topological polar surface area (TPSA) is 106 Å². The smallest absolute Gasteiger partial charge is 0.155 e. The standard InChI is InChI=1S/C17H19N5OS/c1-2-24-22-13-8-6-12(7-9-13)16(18)14(11-23)17(19)21-15-5-3-4-10-20-15/h3-11,22H,2,18H2,1H3,(H2,19,20,21). The Kier molecular flexibility index (Phi) is 6.39. The number of pyridine rings is 1. The second kappa shape index (κ2) is 8.73. The van der Waals surface area contributed by atoms with Crippen molar-refractivity contribution >= 4 is 41.3 Å². The van der Waals surface area contributed by atoms with Crippen LogP contribution in [0.1, 0.15) is 12.5 Å². The zero-order valence-corrected chi connectivity index (χ0v) is 14.1. The van der Waals surface area contributed by atoms with Gasteiger partial charge in [-0.05, 0) is 29.8 Å². The summed E-state index contributed by atoms with van der Waals surface area (Å²) in [6.45, 7) is 2.06. The van der Waals surface area contributed by atoms with Gasteiger partial charge in [-0.2, -0.15) is 0 Å². The van der Waals surface area contributed by atoms with E-state index in [1.807, 2.05) is 24.3 Å². The lowest BCUT2D eigenvalue weighted by molar-refractivity contribution is -0.104. The number of benzene rings is 1. The van der Waals surface area contributed by atoms with Crippen molar-refractivity contribution in [2.75, 3.05) is 10.5 Å². The summed E-state index contributed by atoms with van der Waals surface area (Å²) in [7, 11) is 0. The van der Waals surface area contributed by atoms with Gasteiger partial charge in [0.05, 0.1) is 11.3 Å².